The lowest BCUT2D eigenvalue weighted by atomic mass is 10.1. The molecule has 0 aliphatic heterocycles. The number of aromatic nitrogens is 2. The third-order valence-corrected chi connectivity index (χ3v) is 4.56. The molecular weight excluding hydrogens is 360 g/mol. The van der Waals surface area contributed by atoms with Gasteiger partial charge in [0, 0.05) is 30.0 Å². The van der Waals surface area contributed by atoms with Gasteiger partial charge in [0.2, 0.25) is 5.75 Å². The molecule has 0 spiro atoms. The van der Waals surface area contributed by atoms with E-state index in [2.05, 4.69) is 22.5 Å². The Morgan fingerprint density at radius 3 is 2.52 bits per heavy atom. The Morgan fingerprint density at radius 2 is 1.91 bits per heavy atom. The van der Waals surface area contributed by atoms with Crippen LogP contribution in [0.15, 0.2) is 51.0 Å². The minimum Gasteiger partial charge on any atom is -0.482 e. The standard InChI is InChI=1S/C17H19BrN2O3/c1-5-11(2)14-15(16(21)20(4)17(22)19(14)3)23-10-12-8-6-7-9-13(12)18/h5-9,11H,1,10H2,2-4H3. The van der Waals surface area contributed by atoms with Crippen LogP contribution in [0.1, 0.15) is 24.1 Å². The van der Waals surface area contributed by atoms with E-state index in [0.29, 0.717) is 5.69 Å². The van der Waals surface area contributed by atoms with Crippen LogP contribution in [0.3, 0.4) is 0 Å². The van der Waals surface area contributed by atoms with Crippen molar-refractivity contribution in [2.75, 3.05) is 0 Å². The summed E-state index contributed by atoms with van der Waals surface area (Å²) < 4.78 is 9.19. The lowest BCUT2D eigenvalue weighted by Gasteiger charge is -2.18. The lowest BCUT2D eigenvalue weighted by Crippen LogP contribution is -2.39. The molecular formula is C17H19BrN2O3. The maximum absolute atomic E-state index is 12.5. The SMILES string of the molecule is C=CC(C)c1c(OCc2ccccc2Br)c(=O)n(C)c(=O)n1C. The number of hydrogen-bond acceptors (Lipinski definition) is 3. The molecule has 23 heavy (non-hydrogen) atoms. The fraction of sp³-hybridized carbons (Fsp3) is 0.294. The zero-order valence-corrected chi connectivity index (χ0v) is 15.0. The van der Waals surface area contributed by atoms with Gasteiger partial charge in [-0.1, -0.05) is 47.1 Å². The van der Waals surface area contributed by atoms with Crippen LogP contribution in [0.25, 0.3) is 0 Å². The Kier molecular flexibility index (Phi) is 5.26. The molecule has 0 radical (unpaired) electrons. The number of hydrogen-bond donors (Lipinski definition) is 0. The average Bonchev–Trinajstić information content (AvgIpc) is 2.55. The summed E-state index contributed by atoms with van der Waals surface area (Å²) in [6, 6.07) is 7.62. The molecule has 0 saturated carbocycles. The Hall–Kier alpha value is -2.08. The van der Waals surface area contributed by atoms with Gasteiger partial charge in [-0.2, -0.15) is 0 Å². The molecule has 2 aromatic rings. The van der Waals surface area contributed by atoms with E-state index in [1.54, 1.807) is 13.1 Å². The van der Waals surface area contributed by atoms with Crippen molar-refractivity contribution in [3.05, 3.63) is 73.5 Å². The van der Waals surface area contributed by atoms with Gasteiger partial charge in [0.1, 0.15) is 6.61 Å². The van der Waals surface area contributed by atoms with Crippen LogP contribution < -0.4 is 16.0 Å². The minimum atomic E-state index is -0.441. The average molecular weight is 379 g/mol. The molecule has 0 aliphatic rings. The third-order valence-electron chi connectivity index (χ3n) is 3.78. The monoisotopic (exact) mass is 378 g/mol. The smallest absolute Gasteiger partial charge is 0.330 e. The van der Waals surface area contributed by atoms with E-state index in [1.165, 1.54) is 11.6 Å². The highest BCUT2D eigenvalue weighted by molar-refractivity contribution is 9.10. The van der Waals surface area contributed by atoms with Crippen LogP contribution >= 0.6 is 15.9 Å². The Labute approximate surface area is 143 Å². The molecule has 1 aromatic heterocycles. The number of benzene rings is 1. The fourth-order valence-electron chi connectivity index (χ4n) is 2.35. The summed E-state index contributed by atoms with van der Waals surface area (Å²) >= 11 is 3.46. The van der Waals surface area contributed by atoms with E-state index in [9.17, 15) is 9.59 Å². The zero-order valence-electron chi connectivity index (χ0n) is 13.4. The quantitative estimate of drug-likeness (QED) is 0.751. The normalized spacial score (nSPS) is 12.0. The number of ether oxygens (including phenoxy) is 1. The van der Waals surface area contributed by atoms with Gasteiger partial charge in [-0.15, -0.1) is 6.58 Å². The largest absolute Gasteiger partial charge is 0.482 e. The summed E-state index contributed by atoms with van der Waals surface area (Å²) in [5.74, 6) is -0.00596. The summed E-state index contributed by atoms with van der Waals surface area (Å²) in [5, 5.41) is 0. The Balaban J connectivity index is 2.53. The van der Waals surface area contributed by atoms with Crippen LogP contribution in [-0.2, 0) is 20.7 Å². The van der Waals surface area contributed by atoms with Crippen molar-refractivity contribution in [2.45, 2.75) is 19.4 Å². The van der Waals surface area contributed by atoms with E-state index in [1.807, 2.05) is 31.2 Å². The van der Waals surface area contributed by atoms with Crippen molar-refractivity contribution in [1.82, 2.24) is 9.13 Å². The van der Waals surface area contributed by atoms with E-state index >= 15 is 0 Å². The predicted molar refractivity (Wildman–Crippen MR) is 94.0 cm³/mol. The van der Waals surface area contributed by atoms with Crippen LogP contribution in [0.5, 0.6) is 5.75 Å². The minimum absolute atomic E-state index is 0.178. The summed E-state index contributed by atoms with van der Waals surface area (Å²) in [4.78, 5) is 24.6. The van der Waals surface area contributed by atoms with Gasteiger partial charge >= 0.3 is 5.69 Å². The van der Waals surface area contributed by atoms with Crippen LogP contribution in [0.4, 0.5) is 0 Å². The van der Waals surface area contributed by atoms with Crippen LogP contribution in [0.2, 0.25) is 0 Å². The molecule has 0 bridgehead atoms. The second kappa shape index (κ2) is 7.00. The van der Waals surface area contributed by atoms with Crippen molar-refractivity contribution in [2.24, 2.45) is 14.1 Å². The highest BCUT2D eigenvalue weighted by Gasteiger charge is 2.20. The molecule has 5 nitrogen and oxygen atoms in total. The lowest BCUT2D eigenvalue weighted by molar-refractivity contribution is 0.288. The summed E-state index contributed by atoms with van der Waals surface area (Å²) in [6.45, 7) is 5.84. The molecule has 1 heterocycles. The summed E-state index contributed by atoms with van der Waals surface area (Å²) in [6.07, 6.45) is 1.68. The van der Waals surface area contributed by atoms with Crippen molar-refractivity contribution in [1.29, 1.82) is 0 Å². The second-order valence-electron chi connectivity index (χ2n) is 5.32. The molecule has 1 atom stereocenters. The van der Waals surface area contributed by atoms with Gasteiger partial charge in [0.05, 0.1) is 5.69 Å². The molecule has 0 saturated heterocycles. The highest BCUT2D eigenvalue weighted by Crippen LogP contribution is 2.24. The Morgan fingerprint density at radius 1 is 1.26 bits per heavy atom. The van der Waals surface area contributed by atoms with Crippen molar-refractivity contribution >= 4 is 15.9 Å². The third kappa shape index (κ3) is 3.32. The van der Waals surface area contributed by atoms with Gasteiger partial charge in [0.15, 0.2) is 0 Å². The number of nitrogens with zero attached hydrogens (tertiary/aromatic N) is 2. The second-order valence-corrected chi connectivity index (χ2v) is 6.18. The number of halogens is 1. The van der Waals surface area contributed by atoms with Gasteiger partial charge in [-0.25, -0.2) is 4.79 Å². The molecule has 1 aromatic carbocycles. The molecule has 2 rings (SSSR count). The molecule has 0 amide bonds. The summed E-state index contributed by atoms with van der Waals surface area (Å²) in [7, 11) is 3.07. The first-order valence-electron chi connectivity index (χ1n) is 7.17. The summed E-state index contributed by atoms with van der Waals surface area (Å²) in [5.41, 5.74) is 0.622. The van der Waals surface area contributed by atoms with Crippen LogP contribution in [-0.4, -0.2) is 9.13 Å². The van der Waals surface area contributed by atoms with Crippen LogP contribution in [0, 0.1) is 0 Å². The maximum Gasteiger partial charge on any atom is 0.330 e. The van der Waals surface area contributed by atoms with Gasteiger partial charge in [-0.05, 0) is 6.07 Å². The first-order chi connectivity index (χ1) is 10.9. The predicted octanol–water partition coefficient (Wildman–Crippen LogP) is 2.71. The van der Waals surface area contributed by atoms with E-state index in [4.69, 9.17) is 4.74 Å². The first-order valence-corrected chi connectivity index (χ1v) is 7.96. The molecule has 0 fully saturated rings. The zero-order chi connectivity index (χ0) is 17.1. The molecule has 0 N–H and O–H groups in total. The number of allylic oxidation sites excluding steroid dienone is 1. The fourth-order valence-corrected chi connectivity index (χ4v) is 2.75. The van der Waals surface area contributed by atoms with E-state index in [-0.39, 0.29) is 24.0 Å². The molecule has 122 valence electrons. The molecule has 6 heteroatoms. The topological polar surface area (TPSA) is 53.2 Å². The van der Waals surface area contributed by atoms with Gasteiger partial charge in [-0.3, -0.25) is 13.9 Å². The molecule has 1 unspecified atom stereocenters. The first kappa shape index (κ1) is 17.3. The van der Waals surface area contributed by atoms with E-state index in [0.717, 1.165) is 14.6 Å². The van der Waals surface area contributed by atoms with E-state index < -0.39 is 5.56 Å². The van der Waals surface area contributed by atoms with Crippen molar-refractivity contribution < 1.29 is 4.74 Å². The highest BCUT2D eigenvalue weighted by atomic mass is 79.9. The van der Waals surface area contributed by atoms with Crippen molar-refractivity contribution in [3.63, 3.8) is 0 Å². The van der Waals surface area contributed by atoms with Gasteiger partial charge < -0.3 is 4.74 Å². The Bertz CT molecular complexity index is 852. The van der Waals surface area contributed by atoms with Gasteiger partial charge in [0.25, 0.3) is 5.56 Å². The molecule has 0 aliphatic carbocycles. The van der Waals surface area contributed by atoms with Crippen molar-refractivity contribution in [3.8, 4) is 5.75 Å². The maximum atomic E-state index is 12.5. The number of rotatable bonds is 5.